The minimum absolute atomic E-state index is 0.169. The largest absolute Gasteiger partial charge is 0.456 e. The van der Waals surface area contributed by atoms with Crippen molar-refractivity contribution >= 4 is 0 Å². The smallest absolute Gasteiger partial charge is 0.342 e. The van der Waals surface area contributed by atoms with Crippen LogP contribution in [0.25, 0.3) is 0 Å². The van der Waals surface area contributed by atoms with Crippen molar-refractivity contribution < 1.29 is 27.0 Å². The Hall–Kier alpha value is -1.96. The van der Waals surface area contributed by atoms with Gasteiger partial charge in [-0.05, 0) is 12.2 Å². The van der Waals surface area contributed by atoms with Crippen LogP contribution in [0.1, 0.15) is 0 Å². The fourth-order valence-electron chi connectivity index (χ4n) is 2.34. The Morgan fingerprint density at radius 2 is 1.77 bits per heavy atom. The standard InChI is InChI=1S/C14H14F4N2O2/c15-13(16)3-1-2-10(14(13,17)18)11-8-22-12(9-21-11)20-6-4-19-5-7-20/h1-3,8-9,19H,4-7H2. The maximum absolute atomic E-state index is 13.8. The quantitative estimate of drug-likeness (QED) is 0.793. The summed E-state index contributed by atoms with van der Waals surface area (Å²) in [6, 6.07) is 0. The highest BCUT2D eigenvalue weighted by molar-refractivity contribution is 5.42. The van der Waals surface area contributed by atoms with Gasteiger partial charge in [0.05, 0.1) is 5.57 Å². The van der Waals surface area contributed by atoms with Crippen molar-refractivity contribution in [2.75, 3.05) is 26.2 Å². The molecule has 120 valence electrons. The van der Waals surface area contributed by atoms with E-state index in [2.05, 4.69) is 5.32 Å². The number of rotatable bonds is 2. The molecule has 0 atom stereocenters. The van der Waals surface area contributed by atoms with Crippen LogP contribution < -0.4 is 5.32 Å². The Balaban J connectivity index is 1.74. The molecule has 0 amide bonds. The van der Waals surface area contributed by atoms with E-state index in [0.29, 0.717) is 19.0 Å². The monoisotopic (exact) mass is 318 g/mol. The molecule has 3 rings (SSSR count). The van der Waals surface area contributed by atoms with E-state index >= 15 is 0 Å². The van der Waals surface area contributed by atoms with Crippen molar-refractivity contribution in [1.29, 1.82) is 0 Å². The van der Waals surface area contributed by atoms with Gasteiger partial charge in [0.25, 0.3) is 0 Å². The molecule has 0 saturated carbocycles. The second-order valence-corrected chi connectivity index (χ2v) is 5.05. The number of hydrogen-bond donors (Lipinski definition) is 1. The molecule has 4 nitrogen and oxygen atoms in total. The van der Waals surface area contributed by atoms with E-state index in [1.165, 1.54) is 0 Å². The van der Waals surface area contributed by atoms with E-state index in [4.69, 9.17) is 9.47 Å². The lowest BCUT2D eigenvalue weighted by atomic mass is 9.95. The van der Waals surface area contributed by atoms with Crippen LogP contribution in [0.4, 0.5) is 17.6 Å². The lowest BCUT2D eigenvalue weighted by molar-refractivity contribution is -0.156. The summed E-state index contributed by atoms with van der Waals surface area (Å²) in [5.74, 6) is -8.67. The first-order valence-electron chi connectivity index (χ1n) is 6.77. The summed E-state index contributed by atoms with van der Waals surface area (Å²) < 4.78 is 64.6. The van der Waals surface area contributed by atoms with Gasteiger partial charge in [0.15, 0.2) is 12.0 Å². The molecule has 22 heavy (non-hydrogen) atoms. The van der Waals surface area contributed by atoms with Crippen molar-refractivity contribution in [3.63, 3.8) is 0 Å². The van der Waals surface area contributed by atoms with Crippen molar-refractivity contribution in [2.24, 2.45) is 0 Å². The summed E-state index contributed by atoms with van der Waals surface area (Å²) in [7, 11) is 0. The lowest BCUT2D eigenvalue weighted by Gasteiger charge is -2.33. The number of halogens is 4. The van der Waals surface area contributed by atoms with Crippen LogP contribution in [-0.4, -0.2) is 42.9 Å². The average molecular weight is 318 g/mol. The van der Waals surface area contributed by atoms with Crippen molar-refractivity contribution in [3.05, 3.63) is 48.0 Å². The predicted octanol–water partition coefficient (Wildman–Crippen LogP) is 2.35. The average Bonchev–Trinajstić information content (AvgIpc) is 2.51. The van der Waals surface area contributed by atoms with Crippen LogP contribution in [0, 0.1) is 0 Å². The number of ether oxygens (including phenoxy) is 2. The normalized spacial score (nSPS) is 26.4. The van der Waals surface area contributed by atoms with E-state index in [1.807, 2.05) is 4.90 Å². The molecule has 0 bridgehead atoms. The van der Waals surface area contributed by atoms with Gasteiger partial charge in [-0.1, -0.05) is 6.08 Å². The van der Waals surface area contributed by atoms with Crippen LogP contribution in [0.3, 0.4) is 0 Å². The van der Waals surface area contributed by atoms with Crippen LogP contribution in [0.5, 0.6) is 0 Å². The molecular formula is C14H14F4N2O2. The molecular weight excluding hydrogens is 304 g/mol. The highest BCUT2D eigenvalue weighted by Gasteiger charge is 2.59. The molecule has 1 saturated heterocycles. The van der Waals surface area contributed by atoms with Crippen molar-refractivity contribution in [1.82, 2.24) is 10.2 Å². The highest BCUT2D eigenvalue weighted by atomic mass is 19.3. The maximum Gasteiger partial charge on any atom is 0.342 e. The number of hydrogen-bond acceptors (Lipinski definition) is 4. The fraction of sp³-hybridized carbons (Fsp3) is 0.429. The number of allylic oxidation sites excluding steroid dienone is 4. The third-order valence-corrected chi connectivity index (χ3v) is 3.59. The zero-order valence-corrected chi connectivity index (χ0v) is 11.5. The van der Waals surface area contributed by atoms with Gasteiger partial charge in [-0.3, -0.25) is 0 Å². The van der Waals surface area contributed by atoms with Crippen LogP contribution >= 0.6 is 0 Å². The minimum atomic E-state index is -4.35. The Labute approximate surface area is 124 Å². The van der Waals surface area contributed by atoms with Gasteiger partial charge >= 0.3 is 11.8 Å². The zero-order valence-electron chi connectivity index (χ0n) is 11.5. The Morgan fingerprint density at radius 1 is 1.05 bits per heavy atom. The van der Waals surface area contributed by atoms with Gasteiger partial charge in [-0.15, -0.1) is 0 Å². The molecule has 2 heterocycles. The van der Waals surface area contributed by atoms with Crippen molar-refractivity contribution in [3.8, 4) is 0 Å². The third-order valence-electron chi connectivity index (χ3n) is 3.59. The van der Waals surface area contributed by atoms with E-state index in [1.54, 1.807) is 0 Å². The Bertz CT molecular complexity index is 575. The van der Waals surface area contributed by atoms with Gasteiger partial charge in [0.2, 0.25) is 5.88 Å². The SMILES string of the molecule is FC1(F)C=CC=C(C2=COC(N3CCNCC3)=CO2)C1(F)F. The van der Waals surface area contributed by atoms with Crippen LogP contribution in [0.15, 0.2) is 48.0 Å². The predicted molar refractivity (Wildman–Crippen MR) is 69.9 cm³/mol. The second-order valence-electron chi connectivity index (χ2n) is 5.05. The summed E-state index contributed by atoms with van der Waals surface area (Å²) in [6.45, 7) is 2.88. The molecule has 1 N–H and O–H groups in total. The minimum Gasteiger partial charge on any atom is -0.456 e. The summed E-state index contributed by atoms with van der Waals surface area (Å²) >= 11 is 0. The molecule has 0 aromatic rings. The number of nitrogens with one attached hydrogen (secondary N) is 1. The van der Waals surface area contributed by atoms with E-state index < -0.39 is 23.2 Å². The van der Waals surface area contributed by atoms with E-state index in [9.17, 15) is 17.6 Å². The second kappa shape index (κ2) is 5.35. The third kappa shape index (κ3) is 2.47. The van der Waals surface area contributed by atoms with Gasteiger partial charge in [0, 0.05) is 26.2 Å². The first-order valence-corrected chi connectivity index (χ1v) is 6.77. The van der Waals surface area contributed by atoms with E-state index in [-0.39, 0.29) is 6.08 Å². The number of piperazine rings is 1. The van der Waals surface area contributed by atoms with E-state index in [0.717, 1.165) is 37.8 Å². The fourth-order valence-corrected chi connectivity index (χ4v) is 2.34. The highest BCUT2D eigenvalue weighted by Crippen LogP contribution is 2.46. The van der Waals surface area contributed by atoms with Gasteiger partial charge < -0.3 is 19.7 Å². The van der Waals surface area contributed by atoms with Gasteiger partial charge in [0.1, 0.15) is 6.26 Å². The molecule has 1 aliphatic carbocycles. The van der Waals surface area contributed by atoms with Crippen LogP contribution in [0.2, 0.25) is 0 Å². The molecule has 0 spiro atoms. The molecule has 3 aliphatic rings. The summed E-state index contributed by atoms with van der Waals surface area (Å²) in [4.78, 5) is 1.87. The topological polar surface area (TPSA) is 33.7 Å². The van der Waals surface area contributed by atoms with Crippen molar-refractivity contribution in [2.45, 2.75) is 11.8 Å². The molecule has 0 aromatic carbocycles. The Kier molecular flexibility index (Phi) is 3.64. The van der Waals surface area contributed by atoms with Gasteiger partial charge in [-0.2, -0.15) is 17.6 Å². The first-order chi connectivity index (χ1) is 10.4. The summed E-state index contributed by atoms with van der Waals surface area (Å²) in [6.07, 6.45) is 4.05. The first kappa shape index (κ1) is 15.0. The molecule has 0 unspecified atom stereocenters. The Morgan fingerprint density at radius 3 is 2.41 bits per heavy atom. The lowest BCUT2D eigenvalue weighted by Crippen LogP contribution is -2.44. The number of alkyl halides is 4. The molecule has 0 radical (unpaired) electrons. The maximum atomic E-state index is 13.8. The zero-order chi connectivity index (χ0) is 15.8. The van der Waals surface area contributed by atoms with Crippen LogP contribution in [-0.2, 0) is 9.47 Å². The van der Waals surface area contributed by atoms with Gasteiger partial charge in [-0.25, -0.2) is 0 Å². The molecule has 0 aromatic heterocycles. The summed E-state index contributed by atoms with van der Waals surface area (Å²) in [5, 5.41) is 3.15. The molecule has 1 fully saturated rings. The number of nitrogens with zero attached hydrogens (tertiary/aromatic N) is 1. The molecule has 8 heteroatoms. The summed E-state index contributed by atoms with van der Waals surface area (Å²) in [5.41, 5.74) is -0.907. The molecule has 2 aliphatic heterocycles.